The van der Waals surface area contributed by atoms with Gasteiger partial charge in [0.05, 0.1) is 17.3 Å². The Balaban J connectivity index is 1.68. The van der Waals surface area contributed by atoms with Crippen LogP contribution < -0.4 is 10.5 Å². The highest BCUT2D eigenvalue weighted by Gasteiger charge is 2.14. The van der Waals surface area contributed by atoms with Crippen LogP contribution in [0.5, 0.6) is 5.75 Å². The summed E-state index contributed by atoms with van der Waals surface area (Å²) in [5, 5.41) is 8.35. The molecule has 26 heavy (non-hydrogen) atoms. The van der Waals surface area contributed by atoms with Crippen LogP contribution in [0.25, 0.3) is 22.2 Å². The summed E-state index contributed by atoms with van der Waals surface area (Å²) in [5.41, 5.74) is 9.20. The first-order chi connectivity index (χ1) is 12.7. The van der Waals surface area contributed by atoms with Gasteiger partial charge in [-0.3, -0.25) is 15.1 Å². The number of rotatable bonds is 5. The molecule has 4 rings (SSSR count). The molecule has 0 unspecified atom stereocenters. The molecule has 0 amide bonds. The van der Waals surface area contributed by atoms with E-state index in [1.165, 1.54) is 0 Å². The van der Waals surface area contributed by atoms with Gasteiger partial charge in [-0.1, -0.05) is 17.7 Å². The number of nitrogen functional groups attached to an aromatic ring is 1. The number of hydrogen-bond acceptors (Lipinski definition) is 5. The number of nitrogens with one attached hydrogen (secondary N) is 1. The predicted octanol–water partition coefficient (Wildman–Crippen LogP) is 3.88. The topological polar surface area (TPSA) is 89.7 Å². The van der Waals surface area contributed by atoms with Crippen LogP contribution in [0, 0.1) is 0 Å². The second kappa shape index (κ2) is 7.01. The van der Waals surface area contributed by atoms with Crippen LogP contribution in [0.4, 0.5) is 5.82 Å². The summed E-state index contributed by atoms with van der Waals surface area (Å²) < 4.78 is 6.00. The highest BCUT2D eigenvalue weighted by molar-refractivity contribution is 6.33. The largest absolute Gasteiger partial charge is 0.491 e. The molecule has 0 bridgehead atoms. The minimum absolute atomic E-state index is 0.406. The highest BCUT2D eigenvalue weighted by atomic mass is 35.5. The number of ether oxygens (including phenoxy) is 1. The van der Waals surface area contributed by atoms with Crippen LogP contribution in [-0.2, 0) is 6.42 Å². The van der Waals surface area contributed by atoms with Crippen LogP contribution in [-0.4, -0.2) is 26.8 Å². The van der Waals surface area contributed by atoms with Crippen LogP contribution in [0.2, 0.25) is 5.02 Å². The molecule has 0 aliphatic rings. The molecule has 0 radical (unpaired) electrons. The SMILES string of the molecule is Nc1n[nH]c2c(OCCc3ccccn3)cc(-c3ncccc3Cl)cc12. The lowest BCUT2D eigenvalue weighted by Gasteiger charge is -2.10. The number of fused-ring (bicyclic) bond motifs is 1. The summed E-state index contributed by atoms with van der Waals surface area (Å²) in [7, 11) is 0. The van der Waals surface area contributed by atoms with Gasteiger partial charge in [-0.2, -0.15) is 5.10 Å². The van der Waals surface area contributed by atoms with Crippen molar-refractivity contribution in [1.82, 2.24) is 20.2 Å². The number of pyridine rings is 2. The zero-order valence-electron chi connectivity index (χ0n) is 13.8. The quantitative estimate of drug-likeness (QED) is 0.560. The fourth-order valence-corrected chi connectivity index (χ4v) is 3.00. The molecule has 7 heteroatoms. The van der Waals surface area contributed by atoms with E-state index in [4.69, 9.17) is 22.1 Å². The summed E-state index contributed by atoms with van der Waals surface area (Å²) in [4.78, 5) is 8.67. The highest BCUT2D eigenvalue weighted by Crippen LogP contribution is 2.35. The molecular formula is C19H16ClN5O. The summed E-state index contributed by atoms with van der Waals surface area (Å²) in [6.45, 7) is 0.477. The van der Waals surface area contributed by atoms with Crippen molar-refractivity contribution in [3.05, 3.63) is 65.6 Å². The van der Waals surface area contributed by atoms with Crippen molar-refractivity contribution in [2.24, 2.45) is 0 Å². The van der Waals surface area contributed by atoms with E-state index in [2.05, 4.69) is 20.2 Å². The summed E-state index contributed by atoms with van der Waals surface area (Å²) >= 11 is 6.29. The lowest BCUT2D eigenvalue weighted by molar-refractivity contribution is 0.324. The lowest BCUT2D eigenvalue weighted by Crippen LogP contribution is -2.03. The van der Waals surface area contributed by atoms with Crippen molar-refractivity contribution in [3.63, 3.8) is 0 Å². The van der Waals surface area contributed by atoms with Gasteiger partial charge in [-0.25, -0.2) is 0 Å². The molecule has 1 aromatic carbocycles. The first kappa shape index (κ1) is 16.4. The Labute approximate surface area is 155 Å². The van der Waals surface area contributed by atoms with Gasteiger partial charge in [0.15, 0.2) is 5.82 Å². The van der Waals surface area contributed by atoms with E-state index < -0.39 is 0 Å². The number of anilines is 1. The third-order valence-corrected chi connectivity index (χ3v) is 4.35. The van der Waals surface area contributed by atoms with Gasteiger partial charge >= 0.3 is 0 Å². The monoisotopic (exact) mass is 365 g/mol. The minimum Gasteiger partial charge on any atom is -0.491 e. The normalized spacial score (nSPS) is 11.0. The molecule has 3 heterocycles. The van der Waals surface area contributed by atoms with Crippen LogP contribution in [0.15, 0.2) is 54.9 Å². The average molecular weight is 366 g/mol. The number of H-pyrrole nitrogens is 1. The zero-order valence-corrected chi connectivity index (χ0v) is 14.6. The second-order valence-electron chi connectivity index (χ2n) is 5.76. The van der Waals surface area contributed by atoms with Gasteiger partial charge in [0.1, 0.15) is 11.3 Å². The van der Waals surface area contributed by atoms with Gasteiger partial charge in [-0.15, -0.1) is 0 Å². The van der Waals surface area contributed by atoms with Gasteiger partial charge in [0.2, 0.25) is 0 Å². The molecule has 0 saturated carbocycles. The van der Waals surface area contributed by atoms with Crippen molar-refractivity contribution >= 4 is 28.3 Å². The molecule has 0 fully saturated rings. The van der Waals surface area contributed by atoms with Gasteiger partial charge in [-0.05, 0) is 36.4 Å². The van der Waals surface area contributed by atoms with Crippen molar-refractivity contribution in [2.45, 2.75) is 6.42 Å². The Hall–Kier alpha value is -3.12. The predicted molar refractivity (Wildman–Crippen MR) is 102 cm³/mol. The maximum absolute atomic E-state index is 6.29. The van der Waals surface area contributed by atoms with E-state index in [0.29, 0.717) is 35.3 Å². The molecule has 0 atom stereocenters. The summed E-state index contributed by atoms with van der Waals surface area (Å²) in [6, 6.07) is 13.2. The molecule has 3 aromatic heterocycles. The summed E-state index contributed by atoms with van der Waals surface area (Å²) in [5.74, 6) is 1.06. The molecule has 0 aliphatic carbocycles. The van der Waals surface area contributed by atoms with Crippen LogP contribution in [0.3, 0.4) is 0 Å². The van der Waals surface area contributed by atoms with Gasteiger partial charge in [0, 0.05) is 35.5 Å². The Kier molecular flexibility index (Phi) is 4.41. The van der Waals surface area contributed by atoms with E-state index in [0.717, 1.165) is 22.2 Å². The number of aromatic amines is 1. The Morgan fingerprint density at radius 3 is 2.77 bits per heavy atom. The Morgan fingerprint density at radius 1 is 1.08 bits per heavy atom. The third kappa shape index (κ3) is 3.19. The fraction of sp³-hybridized carbons (Fsp3) is 0.105. The van der Waals surface area contributed by atoms with Crippen LogP contribution in [0.1, 0.15) is 5.69 Å². The van der Waals surface area contributed by atoms with Crippen molar-refractivity contribution in [2.75, 3.05) is 12.3 Å². The average Bonchev–Trinajstić information content (AvgIpc) is 3.04. The molecule has 0 aliphatic heterocycles. The maximum atomic E-state index is 6.29. The van der Waals surface area contributed by atoms with Crippen molar-refractivity contribution in [1.29, 1.82) is 0 Å². The van der Waals surface area contributed by atoms with E-state index in [9.17, 15) is 0 Å². The van der Waals surface area contributed by atoms with Crippen molar-refractivity contribution < 1.29 is 4.74 Å². The molecule has 6 nitrogen and oxygen atoms in total. The lowest BCUT2D eigenvalue weighted by atomic mass is 10.1. The number of aromatic nitrogens is 4. The first-order valence-corrected chi connectivity index (χ1v) is 8.51. The minimum atomic E-state index is 0.406. The second-order valence-corrected chi connectivity index (χ2v) is 6.17. The van der Waals surface area contributed by atoms with E-state index in [1.807, 2.05) is 30.3 Å². The number of nitrogens with two attached hydrogens (primary N) is 1. The molecular weight excluding hydrogens is 350 g/mol. The van der Waals surface area contributed by atoms with Crippen molar-refractivity contribution in [3.8, 4) is 17.0 Å². The smallest absolute Gasteiger partial charge is 0.153 e. The number of hydrogen-bond donors (Lipinski definition) is 2. The zero-order chi connectivity index (χ0) is 17.9. The van der Waals surface area contributed by atoms with Gasteiger partial charge in [0.25, 0.3) is 0 Å². The molecule has 0 saturated heterocycles. The standard InChI is InChI=1S/C19H16ClN5O/c20-15-5-3-8-23-17(15)12-10-14-18(24-25-19(14)21)16(11-12)26-9-6-13-4-1-2-7-22-13/h1-5,7-8,10-11H,6,9H2,(H3,21,24,25). The summed E-state index contributed by atoms with van der Waals surface area (Å²) in [6.07, 6.45) is 4.17. The number of benzene rings is 1. The maximum Gasteiger partial charge on any atom is 0.153 e. The molecule has 3 N–H and O–H groups in total. The number of halogens is 1. The van der Waals surface area contributed by atoms with E-state index >= 15 is 0 Å². The third-order valence-electron chi connectivity index (χ3n) is 4.04. The molecule has 4 aromatic rings. The van der Waals surface area contributed by atoms with E-state index in [-0.39, 0.29) is 0 Å². The van der Waals surface area contributed by atoms with E-state index in [1.54, 1.807) is 24.5 Å². The van der Waals surface area contributed by atoms with Gasteiger partial charge < -0.3 is 10.5 Å². The number of nitrogens with zero attached hydrogens (tertiary/aromatic N) is 3. The van der Waals surface area contributed by atoms with Crippen LogP contribution >= 0.6 is 11.6 Å². The Bertz CT molecular complexity index is 1050. The first-order valence-electron chi connectivity index (χ1n) is 8.13. The molecule has 0 spiro atoms. The fourth-order valence-electron chi connectivity index (χ4n) is 2.77. The Morgan fingerprint density at radius 2 is 1.96 bits per heavy atom. The molecule has 130 valence electrons.